The first kappa shape index (κ1) is 15.9. The van der Waals surface area contributed by atoms with Crippen LogP contribution in [0.5, 0.6) is 0 Å². The lowest BCUT2D eigenvalue weighted by molar-refractivity contribution is 0.187. The van der Waals surface area contributed by atoms with Crippen LogP contribution < -0.4 is 10.9 Å². The molecule has 0 saturated carbocycles. The molecular weight excluding hydrogens is 328 g/mol. The zero-order chi connectivity index (χ0) is 16.4. The Balaban J connectivity index is 1.86. The Kier molecular flexibility index (Phi) is 4.58. The summed E-state index contributed by atoms with van der Waals surface area (Å²) in [4.78, 5) is 12.3. The molecule has 0 amide bonds. The summed E-state index contributed by atoms with van der Waals surface area (Å²) in [6.07, 6.45) is 2.29. The monoisotopic (exact) mass is 341 g/mol. The van der Waals surface area contributed by atoms with Crippen molar-refractivity contribution in [2.45, 2.75) is 6.42 Å². The maximum absolute atomic E-state index is 13.8. The van der Waals surface area contributed by atoms with Crippen LogP contribution in [0.2, 0.25) is 5.02 Å². The average Bonchev–Trinajstić information content (AvgIpc) is 3.03. The van der Waals surface area contributed by atoms with Crippen LogP contribution in [0.25, 0.3) is 5.69 Å². The molecule has 5 nitrogen and oxygen atoms in total. The number of hydrogen-bond acceptors (Lipinski definition) is 4. The normalized spacial score (nSPS) is 17.4. The highest BCUT2D eigenvalue weighted by atomic mass is 35.5. The molecule has 0 aliphatic carbocycles. The molecule has 1 aliphatic heterocycles. The Bertz CT molecular complexity index is 776. The minimum atomic E-state index is -0.889. The number of halogens is 3. The number of anilines is 1. The first-order chi connectivity index (χ1) is 11.1. The first-order valence-electron chi connectivity index (χ1n) is 7.11. The summed E-state index contributed by atoms with van der Waals surface area (Å²) < 4.78 is 32.8. The second kappa shape index (κ2) is 6.64. The van der Waals surface area contributed by atoms with E-state index in [1.165, 1.54) is 6.20 Å². The second-order valence-corrected chi connectivity index (χ2v) is 5.67. The molecule has 1 aliphatic rings. The highest BCUT2D eigenvalue weighted by Crippen LogP contribution is 2.20. The maximum atomic E-state index is 13.8. The van der Waals surface area contributed by atoms with E-state index in [0.29, 0.717) is 30.8 Å². The summed E-state index contributed by atoms with van der Waals surface area (Å²) >= 11 is 6.05. The van der Waals surface area contributed by atoms with Crippen LogP contribution in [0.4, 0.5) is 14.5 Å². The summed E-state index contributed by atoms with van der Waals surface area (Å²) in [5, 5.41) is 6.87. The molecule has 1 saturated heterocycles. The third-order valence-corrected chi connectivity index (χ3v) is 4.03. The van der Waals surface area contributed by atoms with Gasteiger partial charge in [-0.3, -0.25) is 4.79 Å². The number of aromatic nitrogens is 2. The Morgan fingerprint density at radius 1 is 1.43 bits per heavy atom. The lowest BCUT2D eigenvalue weighted by atomic mass is 10.1. The molecule has 1 fully saturated rings. The first-order valence-corrected chi connectivity index (χ1v) is 7.49. The van der Waals surface area contributed by atoms with Gasteiger partial charge in [0.15, 0.2) is 5.82 Å². The van der Waals surface area contributed by atoms with Crippen LogP contribution in [0, 0.1) is 17.6 Å². The van der Waals surface area contributed by atoms with Crippen molar-refractivity contribution in [3.63, 3.8) is 0 Å². The minimum Gasteiger partial charge on any atom is -0.382 e. The van der Waals surface area contributed by atoms with Crippen molar-refractivity contribution in [3.8, 4) is 5.69 Å². The summed E-state index contributed by atoms with van der Waals surface area (Å²) in [7, 11) is 0. The molecule has 0 unspecified atom stereocenters. The topological polar surface area (TPSA) is 56.1 Å². The lowest BCUT2D eigenvalue weighted by Gasteiger charge is -2.13. The third-order valence-electron chi connectivity index (χ3n) is 3.66. The van der Waals surface area contributed by atoms with Crippen LogP contribution in [-0.2, 0) is 4.74 Å². The fourth-order valence-electron chi connectivity index (χ4n) is 2.38. The van der Waals surface area contributed by atoms with E-state index in [2.05, 4.69) is 10.4 Å². The quantitative estimate of drug-likeness (QED) is 0.928. The van der Waals surface area contributed by atoms with E-state index in [-0.39, 0.29) is 10.7 Å². The van der Waals surface area contributed by atoms with Gasteiger partial charge in [-0.25, -0.2) is 8.78 Å². The summed E-state index contributed by atoms with van der Waals surface area (Å²) in [5.74, 6) is -1.27. The van der Waals surface area contributed by atoms with Crippen LogP contribution in [0.3, 0.4) is 0 Å². The van der Waals surface area contributed by atoms with Crippen molar-refractivity contribution < 1.29 is 13.5 Å². The molecule has 1 atom stereocenters. The van der Waals surface area contributed by atoms with Gasteiger partial charge in [-0.1, -0.05) is 11.6 Å². The zero-order valence-corrected chi connectivity index (χ0v) is 12.8. The summed E-state index contributed by atoms with van der Waals surface area (Å²) in [6, 6.07) is 2.87. The molecule has 1 aromatic heterocycles. The highest BCUT2D eigenvalue weighted by Gasteiger charge is 2.18. The molecule has 2 heterocycles. The number of nitrogens with zero attached hydrogens (tertiary/aromatic N) is 2. The van der Waals surface area contributed by atoms with E-state index in [4.69, 9.17) is 16.3 Å². The fraction of sp³-hybridized carbons (Fsp3) is 0.333. The molecule has 8 heteroatoms. The van der Waals surface area contributed by atoms with Gasteiger partial charge in [-0.2, -0.15) is 9.78 Å². The third kappa shape index (κ3) is 3.35. The van der Waals surface area contributed by atoms with E-state index in [9.17, 15) is 13.6 Å². The van der Waals surface area contributed by atoms with Crippen LogP contribution in [-0.4, -0.2) is 29.5 Å². The van der Waals surface area contributed by atoms with Gasteiger partial charge in [0, 0.05) is 25.1 Å². The maximum Gasteiger partial charge on any atom is 0.292 e. The molecule has 3 rings (SSSR count). The molecule has 0 bridgehead atoms. The summed E-state index contributed by atoms with van der Waals surface area (Å²) in [5.41, 5.74) is -0.457. The van der Waals surface area contributed by atoms with E-state index < -0.39 is 17.2 Å². The minimum absolute atomic E-state index is 0.0948. The largest absolute Gasteiger partial charge is 0.382 e. The zero-order valence-electron chi connectivity index (χ0n) is 12.1. The molecular formula is C15H14ClF2N3O2. The number of rotatable bonds is 4. The van der Waals surface area contributed by atoms with Gasteiger partial charge in [0.25, 0.3) is 5.56 Å². The highest BCUT2D eigenvalue weighted by molar-refractivity contribution is 6.32. The summed E-state index contributed by atoms with van der Waals surface area (Å²) in [6.45, 7) is 2.00. The van der Waals surface area contributed by atoms with Gasteiger partial charge in [0.1, 0.15) is 16.5 Å². The average molecular weight is 342 g/mol. The fourth-order valence-corrected chi connectivity index (χ4v) is 2.57. The number of ether oxygens (including phenoxy) is 1. The van der Waals surface area contributed by atoms with Crippen LogP contribution >= 0.6 is 11.6 Å². The van der Waals surface area contributed by atoms with Crippen LogP contribution in [0.1, 0.15) is 6.42 Å². The molecule has 1 N–H and O–H groups in total. The smallest absolute Gasteiger partial charge is 0.292 e. The van der Waals surface area contributed by atoms with Crippen molar-refractivity contribution in [2.75, 3.05) is 25.1 Å². The Hall–Kier alpha value is -1.99. The van der Waals surface area contributed by atoms with Gasteiger partial charge >= 0.3 is 0 Å². The SMILES string of the molecule is O=c1c(Cl)c(NC[C@H]2CCOC2)cnn1-c1ccc(F)cc1F. The Labute approximate surface area is 135 Å². The lowest BCUT2D eigenvalue weighted by Crippen LogP contribution is -2.24. The van der Waals surface area contributed by atoms with Gasteiger partial charge in [-0.15, -0.1) is 0 Å². The van der Waals surface area contributed by atoms with Crippen molar-refractivity contribution >= 4 is 17.3 Å². The molecule has 2 aromatic rings. The van der Waals surface area contributed by atoms with Crippen LogP contribution in [0.15, 0.2) is 29.2 Å². The van der Waals surface area contributed by atoms with E-state index in [1.54, 1.807) is 0 Å². The van der Waals surface area contributed by atoms with Gasteiger partial charge < -0.3 is 10.1 Å². The van der Waals surface area contributed by atoms with Crippen molar-refractivity contribution in [1.29, 1.82) is 0 Å². The Morgan fingerprint density at radius 3 is 2.96 bits per heavy atom. The molecule has 23 heavy (non-hydrogen) atoms. The molecule has 0 spiro atoms. The standard InChI is InChI=1S/C15H14ClF2N3O2/c16-14-12(19-6-9-3-4-23-8-9)7-20-21(15(14)22)13-2-1-10(17)5-11(13)18/h1-2,5,7,9,19H,3-4,6,8H2/t9-/m1/s1. The number of hydrogen-bond donors (Lipinski definition) is 1. The second-order valence-electron chi connectivity index (χ2n) is 5.30. The van der Waals surface area contributed by atoms with E-state index in [1.807, 2.05) is 0 Å². The molecule has 0 radical (unpaired) electrons. The van der Waals surface area contributed by atoms with E-state index in [0.717, 1.165) is 29.8 Å². The van der Waals surface area contributed by atoms with Gasteiger partial charge in [0.05, 0.1) is 18.5 Å². The van der Waals surface area contributed by atoms with Gasteiger partial charge in [-0.05, 0) is 18.6 Å². The van der Waals surface area contributed by atoms with Crippen molar-refractivity contribution in [3.05, 3.63) is 51.4 Å². The molecule has 122 valence electrons. The van der Waals surface area contributed by atoms with Crippen molar-refractivity contribution in [1.82, 2.24) is 9.78 Å². The van der Waals surface area contributed by atoms with Crippen molar-refractivity contribution in [2.24, 2.45) is 5.92 Å². The predicted molar refractivity (Wildman–Crippen MR) is 82.2 cm³/mol. The predicted octanol–water partition coefficient (Wildman–Crippen LogP) is 2.61. The Morgan fingerprint density at radius 2 is 2.26 bits per heavy atom. The van der Waals surface area contributed by atoms with E-state index >= 15 is 0 Å². The van der Waals surface area contributed by atoms with Gasteiger partial charge in [0.2, 0.25) is 0 Å². The number of nitrogens with one attached hydrogen (secondary N) is 1. The molecule has 1 aromatic carbocycles. The number of benzene rings is 1.